The average Bonchev–Trinajstić information content (AvgIpc) is 2.39. The Morgan fingerprint density at radius 3 is 3.10 bits per heavy atom. The molecule has 10 heavy (non-hydrogen) atoms. The van der Waals surface area contributed by atoms with Crippen molar-refractivity contribution in [2.45, 2.75) is 0 Å². The second-order valence-corrected chi connectivity index (χ2v) is 3.25. The Bertz CT molecular complexity index is 327. The first-order valence-corrected chi connectivity index (χ1v) is 3.95. The lowest BCUT2D eigenvalue weighted by molar-refractivity contribution is 0.971. The molecule has 2 aromatic heterocycles. The number of nitrogens with two attached hydrogens (primary N) is 1. The van der Waals surface area contributed by atoms with Crippen molar-refractivity contribution in [3.05, 3.63) is 17.6 Å². The highest BCUT2D eigenvalue weighted by Gasteiger charge is 2.02. The molecule has 0 saturated carbocycles. The van der Waals surface area contributed by atoms with Crippen LogP contribution in [0.5, 0.6) is 0 Å². The van der Waals surface area contributed by atoms with Crippen LogP contribution in [0.15, 0.2) is 17.6 Å². The molecule has 0 bridgehead atoms. The molecule has 0 aliphatic heterocycles. The van der Waals surface area contributed by atoms with Gasteiger partial charge < -0.3 is 10.3 Å². The third kappa shape index (κ3) is 0.580. The number of thiophene rings is 1. The third-order valence-electron chi connectivity index (χ3n) is 1.62. The fourth-order valence-corrected chi connectivity index (χ4v) is 1.99. The molecule has 0 amide bonds. The number of fused-ring (bicyclic) bond motifs is 1. The van der Waals surface area contributed by atoms with Crippen LogP contribution in [0, 0.1) is 0 Å². The molecule has 0 radical (unpaired) electrons. The van der Waals surface area contributed by atoms with Crippen LogP contribution in [0.4, 0.5) is 5.69 Å². The van der Waals surface area contributed by atoms with E-state index in [4.69, 9.17) is 5.73 Å². The predicted molar refractivity (Wildman–Crippen MR) is 45.2 cm³/mol. The van der Waals surface area contributed by atoms with E-state index in [-0.39, 0.29) is 0 Å². The molecule has 2 nitrogen and oxygen atoms in total. The van der Waals surface area contributed by atoms with Gasteiger partial charge >= 0.3 is 0 Å². The maximum absolute atomic E-state index is 5.71. The van der Waals surface area contributed by atoms with E-state index in [1.807, 2.05) is 17.8 Å². The number of aryl methyl sites for hydroxylation is 1. The van der Waals surface area contributed by atoms with Gasteiger partial charge in [-0.2, -0.15) is 0 Å². The van der Waals surface area contributed by atoms with Gasteiger partial charge in [0.2, 0.25) is 0 Å². The molecule has 0 aliphatic carbocycles. The van der Waals surface area contributed by atoms with E-state index in [2.05, 4.69) is 11.4 Å². The van der Waals surface area contributed by atoms with Crippen LogP contribution in [0.3, 0.4) is 0 Å². The molecule has 2 rings (SSSR count). The van der Waals surface area contributed by atoms with Crippen LogP contribution < -0.4 is 5.73 Å². The minimum Gasteiger partial charge on any atom is -0.396 e. The van der Waals surface area contributed by atoms with Crippen molar-refractivity contribution in [1.29, 1.82) is 0 Å². The Hall–Kier alpha value is -0.960. The van der Waals surface area contributed by atoms with Gasteiger partial charge in [-0.15, -0.1) is 11.3 Å². The van der Waals surface area contributed by atoms with Crippen LogP contribution in [0.1, 0.15) is 0 Å². The molecule has 0 saturated heterocycles. The van der Waals surface area contributed by atoms with Gasteiger partial charge in [0, 0.05) is 13.2 Å². The molecule has 2 heterocycles. The number of hydrogen-bond acceptors (Lipinski definition) is 2. The molecule has 52 valence electrons. The highest BCUT2D eigenvalue weighted by molar-refractivity contribution is 7.17. The predicted octanol–water partition coefficient (Wildman–Crippen LogP) is 1.82. The Morgan fingerprint density at radius 1 is 1.60 bits per heavy atom. The molecule has 0 spiro atoms. The van der Waals surface area contributed by atoms with E-state index in [9.17, 15) is 0 Å². The van der Waals surface area contributed by atoms with Gasteiger partial charge in [-0.25, -0.2) is 0 Å². The van der Waals surface area contributed by atoms with Crippen molar-refractivity contribution in [3.63, 3.8) is 0 Å². The fraction of sp³-hybridized carbons (Fsp3) is 0.143. The quantitative estimate of drug-likeness (QED) is 0.613. The zero-order valence-electron chi connectivity index (χ0n) is 5.66. The third-order valence-corrected chi connectivity index (χ3v) is 2.57. The monoisotopic (exact) mass is 152 g/mol. The highest BCUT2D eigenvalue weighted by atomic mass is 32.1. The van der Waals surface area contributed by atoms with Crippen molar-refractivity contribution in [1.82, 2.24) is 4.57 Å². The van der Waals surface area contributed by atoms with Crippen molar-refractivity contribution in [2.24, 2.45) is 7.05 Å². The largest absolute Gasteiger partial charge is 0.396 e. The van der Waals surface area contributed by atoms with E-state index in [0.717, 1.165) is 5.69 Å². The highest BCUT2D eigenvalue weighted by Crippen LogP contribution is 2.27. The standard InChI is InChI=1S/C7H8N2S/c1-9-4-5(8)7-6(9)2-3-10-7/h2-4H,8H2,1H3. The maximum Gasteiger partial charge on any atom is 0.0751 e. The van der Waals surface area contributed by atoms with Gasteiger partial charge in [0.05, 0.1) is 15.9 Å². The van der Waals surface area contributed by atoms with Gasteiger partial charge in [-0.1, -0.05) is 0 Å². The molecule has 2 N–H and O–H groups in total. The van der Waals surface area contributed by atoms with Gasteiger partial charge in [0.25, 0.3) is 0 Å². The van der Waals surface area contributed by atoms with E-state index in [0.29, 0.717) is 0 Å². The Labute approximate surface area is 62.9 Å². The molecular weight excluding hydrogens is 144 g/mol. The molecule has 0 atom stereocenters. The van der Waals surface area contributed by atoms with Crippen molar-refractivity contribution >= 4 is 27.2 Å². The normalized spacial score (nSPS) is 10.9. The number of rotatable bonds is 0. The second kappa shape index (κ2) is 1.76. The molecule has 0 aromatic carbocycles. The van der Waals surface area contributed by atoms with E-state index < -0.39 is 0 Å². The van der Waals surface area contributed by atoms with Crippen LogP contribution in [0.25, 0.3) is 10.2 Å². The topological polar surface area (TPSA) is 30.9 Å². The van der Waals surface area contributed by atoms with E-state index in [1.165, 1.54) is 10.2 Å². The average molecular weight is 152 g/mol. The van der Waals surface area contributed by atoms with Crippen LogP contribution in [0.2, 0.25) is 0 Å². The summed E-state index contributed by atoms with van der Waals surface area (Å²) < 4.78 is 3.24. The van der Waals surface area contributed by atoms with Gasteiger partial charge in [-0.05, 0) is 11.4 Å². The van der Waals surface area contributed by atoms with Crippen LogP contribution in [-0.4, -0.2) is 4.57 Å². The molecule has 0 aliphatic rings. The van der Waals surface area contributed by atoms with Crippen molar-refractivity contribution < 1.29 is 0 Å². The number of aromatic nitrogens is 1. The summed E-state index contributed by atoms with van der Waals surface area (Å²) >= 11 is 1.69. The Morgan fingerprint density at radius 2 is 2.40 bits per heavy atom. The van der Waals surface area contributed by atoms with Gasteiger partial charge in [0.15, 0.2) is 0 Å². The summed E-state index contributed by atoms with van der Waals surface area (Å²) in [5.41, 5.74) is 7.82. The lowest BCUT2D eigenvalue weighted by Crippen LogP contribution is -1.82. The zero-order chi connectivity index (χ0) is 7.14. The minimum absolute atomic E-state index is 0.882. The van der Waals surface area contributed by atoms with Gasteiger partial charge in [-0.3, -0.25) is 0 Å². The van der Waals surface area contributed by atoms with Crippen molar-refractivity contribution in [2.75, 3.05) is 5.73 Å². The maximum atomic E-state index is 5.71. The van der Waals surface area contributed by atoms with Crippen LogP contribution in [-0.2, 0) is 7.05 Å². The molecular formula is C7H8N2S. The first-order chi connectivity index (χ1) is 4.79. The number of nitrogens with zero attached hydrogens (tertiary/aromatic N) is 1. The lowest BCUT2D eigenvalue weighted by Gasteiger charge is -1.86. The SMILES string of the molecule is Cn1cc(N)c2sccc21. The van der Waals surface area contributed by atoms with E-state index >= 15 is 0 Å². The number of nitrogen functional groups attached to an aromatic ring is 1. The lowest BCUT2D eigenvalue weighted by atomic mass is 10.5. The molecule has 0 unspecified atom stereocenters. The second-order valence-electron chi connectivity index (χ2n) is 2.33. The Kier molecular flexibility index (Phi) is 1.02. The van der Waals surface area contributed by atoms with E-state index in [1.54, 1.807) is 11.3 Å². The molecule has 0 fully saturated rings. The summed E-state index contributed by atoms with van der Waals surface area (Å²) in [6, 6.07) is 2.08. The Balaban J connectivity index is 2.98. The first kappa shape index (κ1) is 5.80. The number of anilines is 1. The summed E-state index contributed by atoms with van der Waals surface area (Å²) in [6.07, 6.45) is 1.95. The summed E-state index contributed by atoms with van der Waals surface area (Å²) in [7, 11) is 2.01. The van der Waals surface area contributed by atoms with Crippen LogP contribution >= 0.6 is 11.3 Å². The summed E-state index contributed by atoms with van der Waals surface area (Å²) in [5, 5.41) is 2.06. The first-order valence-electron chi connectivity index (χ1n) is 3.07. The summed E-state index contributed by atoms with van der Waals surface area (Å²) in [4.78, 5) is 0. The zero-order valence-corrected chi connectivity index (χ0v) is 6.48. The van der Waals surface area contributed by atoms with Gasteiger partial charge in [0.1, 0.15) is 0 Å². The molecule has 2 aromatic rings. The minimum atomic E-state index is 0.882. The smallest absolute Gasteiger partial charge is 0.0751 e. The summed E-state index contributed by atoms with van der Waals surface area (Å²) in [6.45, 7) is 0. The summed E-state index contributed by atoms with van der Waals surface area (Å²) in [5.74, 6) is 0. The fourth-order valence-electron chi connectivity index (χ4n) is 1.13. The molecule has 3 heteroatoms. The number of hydrogen-bond donors (Lipinski definition) is 1. The van der Waals surface area contributed by atoms with Crippen molar-refractivity contribution in [3.8, 4) is 0 Å².